The van der Waals surface area contributed by atoms with Crippen molar-refractivity contribution < 1.29 is 28.5 Å². The minimum atomic E-state index is -1.27. The Balaban J connectivity index is 1.96. The summed E-state index contributed by atoms with van der Waals surface area (Å²) in [6.45, 7) is 8.86. The van der Waals surface area contributed by atoms with Crippen molar-refractivity contribution in [1.29, 1.82) is 0 Å². The second kappa shape index (κ2) is 8.41. The van der Waals surface area contributed by atoms with Gasteiger partial charge >= 0.3 is 5.97 Å². The summed E-state index contributed by atoms with van der Waals surface area (Å²) >= 11 is 0. The topological polar surface area (TPSA) is 63.2 Å². The minimum absolute atomic E-state index is 0.0104. The molecule has 2 aliphatic rings. The molecule has 3 rings (SSSR count). The predicted molar refractivity (Wildman–Crippen MR) is 110 cm³/mol. The van der Waals surface area contributed by atoms with Crippen LogP contribution in [0.2, 0.25) is 0 Å². The molecule has 2 aliphatic heterocycles. The summed E-state index contributed by atoms with van der Waals surface area (Å²) < 4.78 is 29.6. The highest BCUT2D eigenvalue weighted by Gasteiger charge is 2.64. The summed E-state index contributed by atoms with van der Waals surface area (Å²) in [6, 6.07) is 9.48. The average Bonchev–Trinajstić information content (AvgIpc) is 3.13. The van der Waals surface area contributed by atoms with Crippen LogP contribution in [0, 0.1) is 29.6 Å². The van der Waals surface area contributed by atoms with Crippen LogP contribution in [-0.2, 0) is 28.5 Å². The van der Waals surface area contributed by atoms with Gasteiger partial charge in [0.2, 0.25) is 0 Å². The van der Waals surface area contributed by atoms with Gasteiger partial charge in [-0.05, 0) is 46.8 Å². The van der Waals surface area contributed by atoms with Crippen LogP contribution in [0.5, 0.6) is 0 Å². The lowest BCUT2D eigenvalue weighted by atomic mass is 9.92. The molecule has 0 aromatic heterocycles. The molecule has 2 fully saturated rings. The zero-order valence-corrected chi connectivity index (χ0v) is 18.1. The minimum Gasteiger partial charge on any atom is -0.462 e. The summed E-state index contributed by atoms with van der Waals surface area (Å²) in [5.74, 6) is 7.55. The van der Waals surface area contributed by atoms with Gasteiger partial charge in [0.1, 0.15) is 19.3 Å². The molecule has 0 saturated carbocycles. The van der Waals surface area contributed by atoms with E-state index in [1.807, 2.05) is 30.3 Å². The molecule has 6 nitrogen and oxygen atoms in total. The molecule has 0 N–H and O–H groups in total. The molecular formula is C24H28O6. The Bertz CT molecular complexity index is 867. The maximum absolute atomic E-state index is 12.3. The van der Waals surface area contributed by atoms with E-state index in [9.17, 15) is 4.79 Å². The molecular weight excluding hydrogens is 384 g/mol. The summed E-state index contributed by atoms with van der Waals surface area (Å²) in [5, 5.41) is 0. The monoisotopic (exact) mass is 412 g/mol. The molecule has 0 unspecified atom stereocenters. The summed E-state index contributed by atoms with van der Waals surface area (Å²) in [5.41, 5.74) is -1.12. The molecule has 2 heterocycles. The molecule has 0 spiro atoms. The Labute approximate surface area is 178 Å². The number of esters is 1. The van der Waals surface area contributed by atoms with Crippen LogP contribution >= 0.6 is 0 Å². The van der Waals surface area contributed by atoms with Gasteiger partial charge in [0.05, 0.1) is 5.41 Å². The van der Waals surface area contributed by atoms with E-state index in [4.69, 9.17) is 30.1 Å². The number of ether oxygens (including phenoxy) is 5. The SMILES string of the molecule is C#CCO[C@]1(C#Cc2ccccc2)[C@@H](COC(=O)C(C)(C)C)O[C@@H]2OC(C)(C)O[C@@H]21. The second-order valence-corrected chi connectivity index (χ2v) is 8.80. The van der Waals surface area contributed by atoms with E-state index < -0.39 is 35.3 Å². The van der Waals surface area contributed by atoms with E-state index in [0.717, 1.165) is 5.56 Å². The van der Waals surface area contributed by atoms with E-state index in [0.29, 0.717) is 0 Å². The molecule has 2 saturated heterocycles. The Hall–Kier alpha value is -2.35. The van der Waals surface area contributed by atoms with Gasteiger partial charge in [-0.1, -0.05) is 36.0 Å². The molecule has 160 valence electrons. The number of carbonyl (C=O) groups is 1. The summed E-state index contributed by atoms with van der Waals surface area (Å²) in [4.78, 5) is 12.3. The number of rotatable bonds is 4. The van der Waals surface area contributed by atoms with Gasteiger partial charge in [0, 0.05) is 5.56 Å². The fourth-order valence-electron chi connectivity index (χ4n) is 3.31. The highest BCUT2D eigenvalue weighted by molar-refractivity contribution is 5.75. The molecule has 6 heteroatoms. The molecule has 0 bridgehead atoms. The molecule has 1 aromatic rings. The normalized spacial score (nSPS) is 29.4. The molecule has 30 heavy (non-hydrogen) atoms. The third-order valence-electron chi connectivity index (χ3n) is 4.81. The standard InChI is InChI=1S/C24H28O6/c1-7-15-27-24(14-13-17-11-9-8-10-12-17)18(16-26-21(25)22(2,3)4)28-20-19(24)29-23(5,6)30-20/h1,8-12,18-20H,15-16H2,2-6H3/t18-,19+,20-,24-/m1/s1. The van der Waals surface area contributed by atoms with E-state index in [2.05, 4.69) is 17.8 Å². The fraction of sp³-hybridized carbons (Fsp3) is 0.542. The van der Waals surface area contributed by atoms with Crippen LogP contribution < -0.4 is 0 Å². The largest absolute Gasteiger partial charge is 0.462 e. The summed E-state index contributed by atoms with van der Waals surface area (Å²) in [6.07, 6.45) is 3.35. The number of benzene rings is 1. The van der Waals surface area contributed by atoms with Crippen molar-refractivity contribution in [1.82, 2.24) is 0 Å². The first-order valence-corrected chi connectivity index (χ1v) is 9.91. The van der Waals surface area contributed by atoms with E-state index >= 15 is 0 Å². The van der Waals surface area contributed by atoms with Crippen molar-refractivity contribution in [3.8, 4) is 24.2 Å². The van der Waals surface area contributed by atoms with Gasteiger partial charge in [0.15, 0.2) is 23.8 Å². The second-order valence-electron chi connectivity index (χ2n) is 8.80. The van der Waals surface area contributed by atoms with Crippen molar-refractivity contribution >= 4 is 5.97 Å². The Morgan fingerprint density at radius 1 is 1.20 bits per heavy atom. The van der Waals surface area contributed by atoms with Gasteiger partial charge in [-0.15, -0.1) is 6.42 Å². The van der Waals surface area contributed by atoms with Gasteiger partial charge in [-0.25, -0.2) is 0 Å². The predicted octanol–water partition coefficient (Wildman–Crippen LogP) is 2.89. The lowest BCUT2D eigenvalue weighted by molar-refractivity contribution is -0.232. The quantitative estimate of drug-likeness (QED) is 0.560. The van der Waals surface area contributed by atoms with Crippen LogP contribution in [-0.4, -0.2) is 49.1 Å². The molecule has 1 aromatic carbocycles. The highest BCUT2D eigenvalue weighted by atomic mass is 16.8. The van der Waals surface area contributed by atoms with E-state index in [1.165, 1.54) is 0 Å². The third kappa shape index (κ3) is 4.69. The van der Waals surface area contributed by atoms with Gasteiger partial charge in [-0.2, -0.15) is 0 Å². The maximum Gasteiger partial charge on any atom is 0.311 e. The Kier molecular flexibility index (Phi) is 6.26. The number of hydrogen-bond donors (Lipinski definition) is 0. The zero-order chi connectivity index (χ0) is 22.0. The number of carbonyl (C=O) groups excluding carboxylic acids is 1. The zero-order valence-electron chi connectivity index (χ0n) is 18.1. The maximum atomic E-state index is 12.3. The molecule has 0 amide bonds. The summed E-state index contributed by atoms with van der Waals surface area (Å²) in [7, 11) is 0. The van der Waals surface area contributed by atoms with Crippen LogP contribution in [0.25, 0.3) is 0 Å². The number of terminal acetylenes is 1. The highest BCUT2D eigenvalue weighted by Crippen LogP contribution is 2.45. The first kappa shape index (κ1) is 22.3. The smallest absolute Gasteiger partial charge is 0.311 e. The van der Waals surface area contributed by atoms with Crippen molar-refractivity contribution in [2.24, 2.45) is 5.41 Å². The van der Waals surface area contributed by atoms with E-state index in [-0.39, 0.29) is 19.2 Å². The van der Waals surface area contributed by atoms with Crippen molar-refractivity contribution in [3.63, 3.8) is 0 Å². The van der Waals surface area contributed by atoms with Crippen LogP contribution in [0.4, 0.5) is 0 Å². The fourth-order valence-corrected chi connectivity index (χ4v) is 3.31. The number of fused-ring (bicyclic) bond motifs is 1. The van der Waals surface area contributed by atoms with Gasteiger partial charge < -0.3 is 23.7 Å². The first-order valence-electron chi connectivity index (χ1n) is 9.91. The number of hydrogen-bond acceptors (Lipinski definition) is 6. The van der Waals surface area contributed by atoms with Crippen molar-refractivity contribution in [2.45, 2.75) is 64.5 Å². The Morgan fingerprint density at radius 3 is 2.53 bits per heavy atom. The molecule has 4 atom stereocenters. The van der Waals surface area contributed by atoms with Crippen LogP contribution in [0.1, 0.15) is 40.2 Å². The lowest BCUT2D eigenvalue weighted by Gasteiger charge is -2.33. The van der Waals surface area contributed by atoms with Crippen LogP contribution in [0.15, 0.2) is 30.3 Å². The van der Waals surface area contributed by atoms with Gasteiger partial charge in [-0.3, -0.25) is 4.79 Å². The van der Waals surface area contributed by atoms with E-state index in [1.54, 1.807) is 34.6 Å². The third-order valence-corrected chi connectivity index (χ3v) is 4.81. The molecule has 0 aliphatic carbocycles. The lowest BCUT2D eigenvalue weighted by Crippen LogP contribution is -2.52. The van der Waals surface area contributed by atoms with Crippen LogP contribution in [0.3, 0.4) is 0 Å². The van der Waals surface area contributed by atoms with Crippen molar-refractivity contribution in [2.75, 3.05) is 13.2 Å². The average molecular weight is 412 g/mol. The molecule has 0 radical (unpaired) electrons. The first-order chi connectivity index (χ1) is 14.1. The van der Waals surface area contributed by atoms with Gasteiger partial charge in [0.25, 0.3) is 0 Å². The van der Waals surface area contributed by atoms with Crippen molar-refractivity contribution in [3.05, 3.63) is 35.9 Å². The Morgan fingerprint density at radius 2 is 1.90 bits per heavy atom.